The van der Waals surface area contributed by atoms with Crippen molar-refractivity contribution in [1.29, 1.82) is 0 Å². The van der Waals surface area contributed by atoms with E-state index >= 15 is 0 Å². The van der Waals surface area contributed by atoms with Crippen LogP contribution in [0.2, 0.25) is 5.02 Å². The second-order valence-corrected chi connectivity index (χ2v) is 6.48. The molecule has 6 heteroatoms. The maximum atomic E-state index is 13.3. The molecule has 0 aliphatic carbocycles. The first-order valence-corrected chi connectivity index (χ1v) is 9.03. The minimum absolute atomic E-state index is 0.290. The van der Waals surface area contributed by atoms with E-state index in [4.69, 9.17) is 11.6 Å². The van der Waals surface area contributed by atoms with Gasteiger partial charge in [0.15, 0.2) is 0 Å². The van der Waals surface area contributed by atoms with E-state index in [0.717, 1.165) is 16.8 Å². The van der Waals surface area contributed by atoms with Gasteiger partial charge in [-0.1, -0.05) is 41.9 Å². The Bertz CT molecular complexity index is 1110. The predicted molar refractivity (Wildman–Crippen MR) is 112 cm³/mol. The Labute approximate surface area is 166 Å². The molecule has 0 aliphatic heterocycles. The molecule has 4 aromatic rings. The fourth-order valence-corrected chi connectivity index (χ4v) is 2.93. The molecule has 0 amide bonds. The first-order chi connectivity index (χ1) is 13.7. The molecule has 0 saturated carbocycles. The van der Waals surface area contributed by atoms with E-state index in [1.54, 1.807) is 29.1 Å². The van der Waals surface area contributed by atoms with Crippen LogP contribution in [0.15, 0.2) is 90.2 Å². The van der Waals surface area contributed by atoms with Crippen molar-refractivity contribution in [3.05, 3.63) is 101 Å². The van der Waals surface area contributed by atoms with Crippen molar-refractivity contribution in [3.63, 3.8) is 0 Å². The molecule has 138 valence electrons. The molecule has 28 heavy (non-hydrogen) atoms. The Morgan fingerprint density at radius 1 is 0.929 bits per heavy atom. The van der Waals surface area contributed by atoms with Crippen LogP contribution < -0.4 is 5.43 Å². The summed E-state index contributed by atoms with van der Waals surface area (Å²) in [4.78, 5) is 0. The van der Waals surface area contributed by atoms with Gasteiger partial charge < -0.3 is 0 Å². The number of benzene rings is 3. The van der Waals surface area contributed by atoms with Crippen LogP contribution in [0.5, 0.6) is 0 Å². The van der Waals surface area contributed by atoms with Gasteiger partial charge in [0.25, 0.3) is 0 Å². The van der Waals surface area contributed by atoms with Gasteiger partial charge in [-0.25, -0.2) is 9.07 Å². The minimum Gasteiger partial charge on any atom is -0.277 e. The Hall–Kier alpha value is -3.44. The molecule has 4 rings (SSSR count). The van der Waals surface area contributed by atoms with Crippen molar-refractivity contribution in [2.24, 2.45) is 5.10 Å². The largest absolute Gasteiger partial charge is 0.277 e. The van der Waals surface area contributed by atoms with Gasteiger partial charge in [-0.3, -0.25) is 5.43 Å². The molecule has 1 heterocycles. The van der Waals surface area contributed by atoms with E-state index < -0.39 is 0 Å². The summed E-state index contributed by atoms with van der Waals surface area (Å²) in [6.45, 7) is 0. The number of rotatable bonds is 5. The molecular weight excluding hydrogens is 375 g/mol. The highest BCUT2D eigenvalue weighted by molar-refractivity contribution is 6.33. The van der Waals surface area contributed by atoms with Gasteiger partial charge in [0, 0.05) is 17.3 Å². The Kier molecular flexibility index (Phi) is 5.17. The number of halogens is 2. The molecule has 0 fully saturated rings. The van der Waals surface area contributed by atoms with Crippen molar-refractivity contribution >= 4 is 23.5 Å². The molecule has 0 radical (unpaired) electrons. The van der Waals surface area contributed by atoms with Crippen LogP contribution in [0, 0.1) is 5.82 Å². The molecular formula is C22H16ClFN4. The van der Waals surface area contributed by atoms with E-state index in [1.165, 1.54) is 12.1 Å². The van der Waals surface area contributed by atoms with Crippen LogP contribution in [-0.2, 0) is 0 Å². The zero-order chi connectivity index (χ0) is 19.3. The van der Waals surface area contributed by atoms with Crippen molar-refractivity contribution < 1.29 is 4.39 Å². The van der Waals surface area contributed by atoms with Gasteiger partial charge in [0.1, 0.15) is 11.5 Å². The minimum atomic E-state index is -0.290. The summed E-state index contributed by atoms with van der Waals surface area (Å²) in [5, 5.41) is 9.55. The van der Waals surface area contributed by atoms with Crippen LogP contribution in [-0.4, -0.2) is 16.0 Å². The number of nitrogens with one attached hydrogen (secondary N) is 1. The number of hydrazone groups is 1. The number of hydrogen-bond acceptors (Lipinski definition) is 3. The fraction of sp³-hybridized carbons (Fsp3) is 0. The molecule has 3 aromatic carbocycles. The second-order valence-electron chi connectivity index (χ2n) is 6.07. The van der Waals surface area contributed by atoms with Crippen LogP contribution in [0.3, 0.4) is 0 Å². The normalized spacial score (nSPS) is 11.1. The molecule has 4 nitrogen and oxygen atoms in total. The molecule has 0 saturated heterocycles. The average molecular weight is 391 g/mol. The number of aromatic nitrogens is 2. The summed E-state index contributed by atoms with van der Waals surface area (Å²) in [6.07, 6.45) is 3.56. The third-order valence-corrected chi connectivity index (χ3v) is 4.47. The third kappa shape index (κ3) is 3.94. The monoisotopic (exact) mass is 390 g/mol. The van der Waals surface area contributed by atoms with Crippen molar-refractivity contribution in [2.45, 2.75) is 0 Å². The van der Waals surface area contributed by atoms with Crippen molar-refractivity contribution in [2.75, 3.05) is 5.43 Å². The molecule has 0 atom stereocenters. The Morgan fingerprint density at radius 3 is 2.39 bits per heavy atom. The van der Waals surface area contributed by atoms with Gasteiger partial charge in [-0.2, -0.15) is 10.2 Å². The summed E-state index contributed by atoms with van der Waals surface area (Å²) >= 11 is 6.14. The number of para-hydroxylation sites is 2. The molecule has 0 aliphatic rings. The topological polar surface area (TPSA) is 42.2 Å². The Morgan fingerprint density at radius 2 is 1.64 bits per heavy atom. The number of hydrogen-bond donors (Lipinski definition) is 1. The second kappa shape index (κ2) is 8.06. The van der Waals surface area contributed by atoms with E-state index in [-0.39, 0.29) is 5.82 Å². The highest BCUT2D eigenvalue weighted by Crippen LogP contribution is 2.24. The summed E-state index contributed by atoms with van der Waals surface area (Å²) in [5.74, 6) is -0.290. The van der Waals surface area contributed by atoms with Gasteiger partial charge in [-0.05, 0) is 48.5 Å². The molecule has 0 spiro atoms. The molecule has 0 bridgehead atoms. The maximum absolute atomic E-state index is 13.3. The van der Waals surface area contributed by atoms with Crippen LogP contribution in [0.25, 0.3) is 16.9 Å². The lowest BCUT2D eigenvalue weighted by atomic mass is 10.1. The summed E-state index contributed by atoms with van der Waals surface area (Å²) in [6, 6.07) is 23.4. The zero-order valence-electron chi connectivity index (χ0n) is 14.8. The number of anilines is 1. The third-order valence-electron chi connectivity index (χ3n) is 4.14. The molecule has 1 N–H and O–H groups in total. The van der Waals surface area contributed by atoms with Gasteiger partial charge in [-0.15, -0.1) is 0 Å². The zero-order valence-corrected chi connectivity index (χ0v) is 15.5. The lowest BCUT2D eigenvalue weighted by Crippen LogP contribution is -1.94. The predicted octanol–water partition coefficient (Wildman–Crippen LogP) is 5.78. The van der Waals surface area contributed by atoms with Crippen LogP contribution in [0.4, 0.5) is 10.1 Å². The smallest absolute Gasteiger partial charge is 0.123 e. The van der Waals surface area contributed by atoms with Crippen molar-refractivity contribution in [1.82, 2.24) is 9.78 Å². The lowest BCUT2D eigenvalue weighted by Gasteiger charge is -2.02. The average Bonchev–Trinajstić information content (AvgIpc) is 3.15. The van der Waals surface area contributed by atoms with Crippen LogP contribution >= 0.6 is 11.6 Å². The fourth-order valence-electron chi connectivity index (χ4n) is 2.75. The molecule has 1 aromatic heterocycles. The SMILES string of the molecule is Fc1ccc(-c2nn(-c3ccccc3)cc2C=NNc2ccccc2Cl)cc1. The van der Waals surface area contributed by atoms with Gasteiger partial charge in [0.05, 0.1) is 22.6 Å². The van der Waals surface area contributed by atoms with E-state index in [9.17, 15) is 4.39 Å². The summed E-state index contributed by atoms with van der Waals surface area (Å²) < 4.78 is 15.1. The first-order valence-electron chi connectivity index (χ1n) is 8.65. The lowest BCUT2D eigenvalue weighted by molar-refractivity contribution is 0.628. The number of nitrogens with zero attached hydrogens (tertiary/aromatic N) is 3. The van der Waals surface area contributed by atoms with Crippen molar-refractivity contribution in [3.8, 4) is 16.9 Å². The quantitative estimate of drug-likeness (QED) is 0.347. The highest BCUT2D eigenvalue weighted by Gasteiger charge is 2.11. The standard InChI is InChI=1S/C22H16ClFN4/c23-20-8-4-5-9-21(20)26-25-14-17-15-28(19-6-2-1-3-7-19)27-22(17)16-10-12-18(24)13-11-16/h1-15,26H. The van der Waals surface area contributed by atoms with E-state index in [0.29, 0.717) is 16.4 Å². The summed E-state index contributed by atoms with van der Waals surface area (Å²) in [7, 11) is 0. The van der Waals surface area contributed by atoms with Crippen LogP contribution in [0.1, 0.15) is 5.56 Å². The van der Waals surface area contributed by atoms with Gasteiger partial charge in [0.2, 0.25) is 0 Å². The van der Waals surface area contributed by atoms with E-state index in [2.05, 4.69) is 15.6 Å². The first kappa shape index (κ1) is 17.9. The Balaban J connectivity index is 1.70. The summed E-state index contributed by atoms with van der Waals surface area (Å²) in [5.41, 5.74) is 6.86. The maximum Gasteiger partial charge on any atom is 0.123 e. The highest BCUT2D eigenvalue weighted by atomic mass is 35.5. The molecule has 0 unspecified atom stereocenters. The van der Waals surface area contributed by atoms with E-state index in [1.807, 2.05) is 54.7 Å². The van der Waals surface area contributed by atoms with Gasteiger partial charge >= 0.3 is 0 Å².